The van der Waals surface area contributed by atoms with Crippen LogP contribution in [0.3, 0.4) is 0 Å². The van der Waals surface area contributed by atoms with Crippen molar-refractivity contribution >= 4 is 11.9 Å². The summed E-state index contributed by atoms with van der Waals surface area (Å²) in [7, 11) is 0. The fraction of sp³-hybridized carbons (Fsp3) is 0.500. The molecule has 0 fully saturated rings. The first kappa shape index (κ1) is 14.9. The van der Waals surface area contributed by atoms with Crippen molar-refractivity contribution in [2.45, 2.75) is 32.7 Å². The smallest absolute Gasteiger partial charge is 0.305 e. The SMILES string of the molecule is CC(C)(C)N(CCC(=O)O)C(=O)c1c[nH]c(=O)cn1. The van der Waals surface area contributed by atoms with Crippen molar-refractivity contribution in [3.8, 4) is 0 Å². The summed E-state index contributed by atoms with van der Waals surface area (Å²) in [6, 6.07) is 0. The Morgan fingerprint density at radius 2 is 2.05 bits per heavy atom. The van der Waals surface area contributed by atoms with E-state index in [2.05, 4.69) is 9.97 Å². The number of carbonyl (C=O) groups excluding carboxylic acids is 1. The number of nitrogens with one attached hydrogen (secondary N) is 1. The van der Waals surface area contributed by atoms with E-state index in [1.807, 2.05) is 0 Å². The minimum Gasteiger partial charge on any atom is -0.481 e. The van der Waals surface area contributed by atoms with Gasteiger partial charge >= 0.3 is 5.97 Å². The molecule has 0 aliphatic carbocycles. The molecule has 2 N–H and O–H groups in total. The van der Waals surface area contributed by atoms with Gasteiger partial charge in [-0.1, -0.05) is 0 Å². The van der Waals surface area contributed by atoms with Crippen molar-refractivity contribution in [2.75, 3.05) is 6.54 Å². The van der Waals surface area contributed by atoms with Gasteiger partial charge in [0.05, 0.1) is 12.6 Å². The molecule has 1 rings (SSSR count). The van der Waals surface area contributed by atoms with Gasteiger partial charge in [-0.05, 0) is 20.8 Å². The Kier molecular flexibility index (Phi) is 4.42. The van der Waals surface area contributed by atoms with Crippen LogP contribution in [0, 0.1) is 0 Å². The molecule has 1 aromatic heterocycles. The molecular formula is C12H17N3O4. The zero-order chi connectivity index (χ0) is 14.6. The average Bonchev–Trinajstić information content (AvgIpc) is 2.27. The maximum atomic E-state index is 12.3. The van der Waals surface area contributed by atoms with Crippen molar-refractivity contribution in [1.29, 1.82) is 0 Å². The van der Waals surface area contributed by atoms with Crippen LogP contribution in [0.25, 0.3) is 0 Å². The summed E-state index contributed by atoms with van der Waals surface area (Å²) >= 11 is 0. The number of carboxylic acids is 1. The quantitative estimate of drug-likeness (QED) is 0.826. The molecule has 0 atom stereocenters. The van der Waals surface area contributed by atoms with Crippen LogP contribution >= 0.6 is 0 Å². The molecule has 1 amide bonds. The minimum atomic E-state index is -0.975. The van der Waals surface area contributed by atoms with Crippen LogP contribution in [0.5, 0.6) is 0 Å². The van der Waals surface area contributed by atoms with Gasteiger partial charge in [0.15, 0.2) is 0 Å². The number of hydrogen-bond donors (Lipinski definition) is 2. The fourth-order valence-corrected chi connectivity index (χ4v) is 1.55. The maximum Gasteiger partial charge on any atom is 0.305 e. The first-order valence-electron chi connectivity index (χ1n) is 5.80. The van der Waals surface area contributed by atoms with Gasteiger partial charge in [-0.3, -0.25) is 14.4 Å². The third-order valence-electron chi connectivity index (χ3n) is 2.50. The molecule has 0 saturated heterocycles. The van der Waals surface area contributed by atoms with E-state index in [4.69, 9.17) is 5.11 Å². The predicted octanol–water partition coefficient (Wildman–Crippen LogP) is 0.485. The molecule has 7 nitrogen and oxygen atoms in total. The number of rotatable bonds is 4. The molecular weight excluding hydrogens is 250 g/mol. The van der Waals surface area contributed by atoms with E-state index in [1.54, 1.807) is 20.8 Å². The van der Waals surface area contributed by atoms with E-state index in [-0.39, 0.29) is 18.7 Å². The second-order valence-electron chi connectivity index (χ2n) is 5.07. The summed E-state index contributed by atoms with van der Waals surface area (Å²) in [5.74, 6) is -1.39. The van der Waals surface area contributed by atoms with Crippen molar-refractivity contribution in [3.63, 3.8) is 0 Å². The Bertz CT molecular complexity index is 510. The van der Waals surface area contributed by atoms with E-state index in [9.17, 15) is 14.4 Å². The standard InChI is InChI=1S/C12H17N3O4/c1-12(2,3)15(5-4-10(17)18)11(19)8-6-14-9(16)7-13-8/h6-7H,4-5H2,1-3H3,(H,14,16)(H,17,18). The van der Waals surface area contributed by atoms with Gasteiger partial charge in [-0.2, -0.15) is 0 Å². The molecule has 0 aromatic carbocycles. The highest BCUT2D eigenvalue weighted by Gasteiger charge is 2.28. The lowest BCUT2D eigenvalue weighted by Gasteiger charge is -2.35. The zero-order valence-corrected chi connectivity index (χ0v) is 11.1. The predicted molar refractivity (Wildman–Crippen MR) is 67.9 cm³/mol. The number of aromatic amines is 1. The average molecular weight is 267 g/mol. The molecule has 0 spiro atoms. The number of H-pyrrole nitrogens is 1. The molecule has 1 heterocycles. The first-order valence-corrected chi connectivity index (χ1v) is 5.80. The van der Waals surface area contributed by atoms with Crippen molar-refractivity contribution in [3.05, 3.63) is 28.4 Å². The molecule has 1 aromatic rings. The molecule has 19 heavy (non-hydrogen) atoms. The number of aromatic nitrogens is 2. The molecule has 0 unspecified atom stereocenters. The number of amides is 1. The number of carbonyl (C=O) groups is 2. The number of nitrogens with zero attached hydrogens (tertiary/aromatic N) is 2. The summed E-state index contributed by atoms with van der Waals surface area (Å²) in [4.78, 5) is 41.3. The summed E-state index contributed by atoms with van der Waals surface area (Å²) in [5, 5.41) is 8.72. The number of carboxylic acid groups (broad SMARTS) is 1. The van der Waals surface area contributed by atoms with E-state index in [0.717, 1.165) is 6.20 Å². The Balaban J connectivity index is 2.97. The largest absolute Gasteiger partial charge is 0.481 e. The van der Waals surface area contributed by atoms with Crippen molar-refractivity contribution < 1.29 is 14.7 Å². The second-order valence-corrected chi connectivity index (χ2v) is 5.07. The summed E-state index contributed by atoms with van der Waals surface area (Å²) < 4.78 is 0. The van der Waals surface area contributed by atoms with Crippen LogP contribution in [0.4, 0.5) is 0 Å². The third-order valence-corrected chi connectivity index (χ3v) is 2.50. The van der Waals surface area contributed by atoms with Crippen molar-refractivity contribution in [2.24, 2.45) is 0 Å². The van der Waals surface area contributed by atoms with Crippen LogP contribution in [0.2, 0.25) is 0 Å². The van der Waals surface area contributed by atoms with Gasteiger partial charge < -0.3 is 15.0 Å². The molecule has 0 saturated carbocycles. The van der Waals surface area contributed by atoms with E-state index in [0.29, 0.717) is 0 Å². The van der Waals surface area contributed by atoms with Crippen LogP contribution in [-0.4, -0.2) is 43.9 Å². The van der Waals surface area contributed by atoms with Gasteiger partial charge in [0, 0.05) is 18.3 Å². The van der Waals surface area contributed by atoms with E-state index < -0.39 is 23.0 Å². The highest BCUT2D eigenvalue weighted by molar-refractivity contribution is 5.92. The zero-order valence-electron chi connectivity index (χ0n) is 11.1. The maximum absolute atomic E-state index is 12.3. The van der Waals surface area contributed by atoms with Crippen LogP contribution in [0.15, 0.2) is 17.2 Å². The van der Waals surface area contributed by atoms with E-state index >= 15 is 0 Å². The van der Waals surface area contributed by atoms with Crippen LogP contribution in [-0.2, 0) is 4.79 Å². The van der Waals surface area contributed by atoms with Crippen LogP contribution < -0.4 is 5.56 Å². The normalized spacial score (nSPS) is 11.1. The minimum absolute atomic E-state index is 0.0818. The lowest BCUT2D eigenvalue weighted by molar-refractivity contribution is -0.137. The lowest BCUT2D eigenvalue weighted by atomic mass is 10.0. The van der Waals surface area contributed by atoms with Gasteiger partial charge in [0.1, 0.15) is 5.69 Å². The molecule has 104 valence electrons. The monoisotopic (exact) mass is 267 g/mol. The topological polar surface area (TPSA) is 103 Å². The molecule has 0 radical (unpaired) electrons. The second kappa shape index (κ2) is 5.64. The van der Waals surface area contributed by atoms with Gasteiger partial charge in [0.25, 0.3) is 11.5 Å². The third kappa shape index (κ3) is 4.20. The molecule has 0 bridgehead atoms. The van der Waals surface area contributed by atoms with Gasteiger partial charge in [-0.15, -0.1) is 0 Å². The Morgan fingerprint density at radius 1 is 1.42 bits per heavy atom. The Labute approximate surface area is 110 Å². The fourth-order valence-electron chi connectivity index (χ4n) is 1.55. The number of hydrogen-bond acceptors (Lipinski definition) is 4. The number of aliphatic carboxylic acids is 1. The Morgan fingerprint density at radius 3 is 2.47 bits per heavy atom. The lowest BCUT2D eigenvalue weighted by Crippen LogP contribution is -2.47. The summed E-state index contributed by atoms with van der Waals surface area (Å²) in [6.07, 6.45) is 2.10. The summed E-state index contributed by atoms with van der Waals surface area (Å²) in [5.41, 5.74) is -0.853. The Hall–Kier alpha value is -2.18. The molecule has 7 heteroatoms. The molecule has 0 aliphatic rings. The van der Waals surface area contributed by atoms with Crippen molar-refractivity contribution in [1.82, 2.24) is 14.9 Å². The summed E-state index contributed by atoms with van der Waals surface area (Å²) in [6.45, 7) is 5.49. The van der Waals surface area contributed by atoms with Gasteiger partial charge in [-0.25, -0.2) is 4.98 Å². The highest BCUT2D eigenvalue weighted by Crippen LogP contribution is 2.16. The van der Waals surface area contributed by atoms with Crippen LogP contribution in [0.1, 0.15) is 37.7 Å². The van der Waals surface area contributed by atoms with E-state index in [1.165, 1.54) is 11.1 Å². The highest BCUT2D eigenvalue weighted by atomic mass is 16.4. The van der Waals surface area contributed by atoms with Gasteiger partial charge in [0.2, 0.25) is 0 Å². The molecule has 0 aliphatic heterocycles. The first-order chi connectivity index (χ1) is 8.71.